The van der Waals surface area contributed by atoms with Crippen molar-refractivity contribution in [3.8, 4) is 11.1 Å². The van der Waals surface area contributed by atoms with E-state index in [1.54, 1.807) is 12.1 Å². The van der Waals surface area contributed by atoms with Gasteiger partial charge >= 0.3 is 0 Å². The maximum Gasteiger partial charge on any atom is 0.128 e. The molecule has 1 N–H and O–H groups in total. The zero-order valence-electron chi connectivity index (χ0n) is 15.4. The van der Waals surface area contributed by atoms with Gasteiger partial charge in [-0.15, -0.1) is 0 Å². The molecule has 0 aliphatic carbocycles. The first-order valence-electron chi connectivity index (χ1n) is 9.67. The SMILES string of the molecule is Fc1ccccc1C(c1ccc(-c2ccccc2)cc1)N1CCCNCC1. The average molecular weight is 360 g/mol. The minimum atomic E-state index is -0.133. The molecule has 4 rings (SSSR count). The van der Waals surface area contributed by atoms with Crippen LogP contribution in [0.1, 0.15) is 23.6 Å². The summed E-state index contributed by atoms with van der Waals surface area (Å²) in [4.78, 5) is 2.40. The standard InChI is InChI=1S/C24H25FN2/c25-23-10-5-4-9-22(23)24(27-17-6-15-26-16-18-27)21-13-11-20(12-14-21)19-7-2-1-3-8-19/h1-5,7-14,24,26H,6,15-18H2. The fourth-order valence-corrected chi connectivity index (χ4v) is 3.90. The zero-order valence-corrected chi connectivity index (χ0v) is 15.4. The molecule has 1 aliphatic rings. The molecule has 1 unspecified atom stereocenters. The maximum absolute atomic E-state index is 14.7. The van der Waals surface area contributed by atoms with Gasteiger partial charge in [0.05, 0.1) is 6.04 Å². The van der Waals surface area contributed by atoms with Crippen molar-refractivity contribution in [2.75, 3.05) is 26.2 Å². The predicted molar refractivity (Wildman–Crippen MR) is 109 cm³/mol. The molecule has 3 heteroatoms. The van der Waals surface area contributed by atoms with E-state index in [-0.39, 0.29) is 11.9 Å². The van der Waals surface area contributed by atoms with E-state index in [2.05, 4.69) is 58.7 Å². The lowest BCUT2D eigenvalue weighted by molar-refractivity contribution is 0.237. The Morgan fingerprint density at radius 1 is 0.741 bits per heavy atom. The molecule has 0 bridgehead atoms. The van der Waals surface area contributed by atoms with Crippen LogP contribution in [0.2, 0.25) is 0 Å². The predicted octanol–water partition coefficient (Wildman–Crippen LogP) is 4.88. The highest BCUT2D eigenvalue weighted by Gasteiger charge is 2.25. The van der Waals surface area contributed by atoms with E-state index >= 15 is 0 Å². The van der Waals surface area contributed by atoms with E-state index in [4.69, 9.17) is 0 Å². The third-order valence-corrected chi connectivity index (χ3v) is 5.27. The van der Waals surface area contributed by atoms with Crippen molar-refractivity contribution in [3.05, 3.63) is 95.8 Å². The Bertz CT molecular complexity index is 853. The molecule has 1 fully saturated rings. The van der Waals surface area contributed by atoms with E-state index in [1.165, 1.54) is 11.1 Å². The summed E-state index contributed by atoms with van der Waals surface area (Å²) in [7, 11) is 0. The van der Waals surface area contributed by atoms with Crippen LogP contribution < -0.4 is 5.32 Å². The highest BCUT2D eigenvalue weighted by Crippen LogP contribution is 2.32. The second-order valence-electron chi connectivity index (χ2n) is 7.05. The molecule has 27 heavy (non-hydrogen) atoms. The smallest absolute Gasteiger partial charge is 0.128 e. The van der Waals surface area contributed by atoms with Gasteiger partial charge < -0.3 is 5.32 Å². The van der Waals surface area contributed by atoms with Crippen LogP contribution in [0.5, 0.6) is 0 Å². The Hall–Kier alpha value is -2.49. The second-order valence-corrected chi connectivity index (χ2v) is 7.05. The minimum Gasteiger partial charge on any atom is -0.315 e. The largest absolute Gasteiger partial charge is 0.315 e. The highest BCUT2D eigenvalue weighted by molar-refractivity contribution is 5.63. The first-order valence-corrected chi connectivity index (χ1v) is 9.67. The molecule has 0 saturated carbocycles. The van der Waals surface area contributed by atoms with Gasteiger partial charge in [-0.3, -0.25) is 4.90 Å². The number of hydrogen-bond acceptors (Lipinski definition) is 2. The molecule has 0 radical (unpaired) electrons. The summed E-state index contributed by atoms with van der Waals surface area (Å²) in [5.41, 5.74) is 4.28. The van der Waals surface area contributed by atoms with E-state index in [1.807, 2.05) is 18.2 Å². The van der Waals surface area contributed by atoms with Crippen molar-refractivity contribution < 1.29 is 4.39 Å². The highest BCUT2D eigenvalue weighted by atomic mass is 19.1. The van der Waals surface area contributed by atoms with E-state index in [9.17, 15) is 4.39 Å². The topological polar surface area (TPSA) is 15.3 Å². The molecule has 3 aromatic rings. The first kappa shape index (κ1) is 17.9. The summed E-state index contributed by atoms with van der Waals surface area (Å²) in [6.45, 7) is 3.84. The number of nitrogens with zero attached hydrogens (tertiary/aromatic N) is 1. The van der Waals surface area contributed by atoms with Crippen LogP contribution >= 0.6 is 0 Å². The van der Waals surface area contributed by atoms with Crippen molar-refractivity contribution in [1.82, 2.24) is 10.2 Å². The molecule has 0 amide bonds. The Balaban J connectivity index is 1.71. The van der Waals surface area contributed by atoms with Crippen molar-refractivity contribution in [2.45, 2.75) is 12.5 Å². The molecule has 1 atom stereocenters. The summed E-state index contributed by atoms with van der Waals surface area (Å²) in [6.07, 6.45) is 1.08. The molecule has 3 aromatic carbocycles. The summed E-state index contributed by atoms with van der Waals surface area (Å²) in [5, 5.41) is 3.44. The molecule has 2 nitrogen and oxygen atoms in total. The zero-order chi connectivity index (χ0) is 18.5. The molecule has 0 spiro atoms. The summed E-state index contributed by atoms with van der Waals surface area (Å²) in [6, 6.07) is 26.1. The third-order valence-electron chi connectivity index (χ3n) is 5.27. The Kier molecular flexibility index (Phi) is 5.61. The molecule has 1 heterocycles. The van der Waals surface area contributed by atoms with Gasteiger partial charge in [-0.2, -0.15) is 0 Å². The van der Waals surface area contributed by atoms with Crippen LogP contribution in [0.15, 0.2) is 78.9 Å². The molecule has 138 valence electrons. The molecule has 0 aromatic heterocycles. The van der Waals surface area contributed by atoms with E-state index in [0.29, 0.717) is 0 Å². The van der Waals surface area contributed by atoms with Crippen molar-refractivity contribution in [1.29, 1.82) is 0 Å². The van der Waals surface area contributed by atoms with E-state index < -0.39 is 0 Å². The van der Waals surface area contributed by atoms with Gasteiger partial charge in [-0.1, -0.05) is 72.8 Å². The van der Waals surface area contributed by atoms with Crippen LogP contribution in [-0.2, 0) is 0 Å². The fourth-order valence-electron chi connectivity index (χ4n) is 3.90. The summed E-state index contributed by atoms with van der Waals surface area (Å²) >= 11 is 0. The summed E-state index contributed by atoms with van der Waals surface area (Å²) in [5.74, 6) is -0.133. The number of hydrogen-bond donors (Lipinski definition) is 1. The van der Waals surface area contributed by atoms with Gasteiger partial charge in [0.2, 0.25) is 0 Å². The number of halogens is 1. The monoisotopic (exact) mass is 360 g/mol. The Morgan fingerprint density at radius 2 is 1.44 bits per heavy atom. The van der Waals surface area contributed by atoms with Crippen molar-refractivity contribution >= 4 is 0 Å². The molecule has 1 aliphatic heterocycles. The lowest BCUT2D eigenvalue weighted by Gasteiger charge is -2.31. The first-order chi connectivity index (χ1) is 13.3. The van der Waals surface area contributed by atoms with E-state index in [0.717, 1.165) is 43.7 Å². The van der Waals surface area contributed by atoms with Gasteiger partial charge in [0.15, 0.2) is 0 Å². The van der Waals surface area contributed by atoms with Crippen LogP contribution in [0.25, 0.3) is 11.1 Å². The third kappa shape index (κ3) is 4.10. The summed E-state index contributed by atoms with van der Waals surface area (Å²) < 4.78 is 14.7. The Morgan fingerprint density at radius 3 is 2.22 bits per heavy atom. The maximum atomic E-state index is 14.7. The lowest BCUT2D eigenvalue weighted by atomic mass is 9.94. The number of rotatable bonds is 4. The average Bonchev–Trinajstić information content (AvgIpc) is 3.00. The van der Waals surface area contributed by atoms with Crippen molar-refractivity contribution in [2.24, 2.45) is 0 Å². The van der Waals surface area contributed by atoms with Gasteiger partial charge in [0.1, 0.15) is 5.82 Å². The van der Waals surface area contributed by atoms with Gasteiger partial charge in [-0.05, 0) is 35.7 Å². The number of nitrogens with one attached hydrogen (secondary N) is 1. The lowest BCUT2D eigenvalue weighted by Crippen LogP contribution is -2.33. The van der Waals surface area contributed by atoms with Gasteiger partial charge in [-0.25, -0.2) is 4.39 Å². The van der Waals surface area contributed by atoms with Crippen LogP contribution in [0.3, 0.4) is 0 Å². The quantitative estimate of drug-likeness (QED) is 0.713. The number of benzene rings is 3. The van der Waals surface area contributed by atoms with Gasteiger partial charge in [0.25, 0.3) is 0 Å². The van der Waals surface area contributed by atoms with Crippen LogP contribution in [0.4, 0.5) is 4.39 Å². The van der Waals surface area contributed by atoms with Crippen molar-refractivity contribution in [3.63, 3.8) is 0 Å². The Labute approximate surface area is 160 Å². The minimum absolute atomic E-state index is 0.0593. The van der Waals surface area contributed by atoms with Crippen LogP contribution in [-0.4, -0.2) is 31.1 Å². The van der Waals surface area contributed by atoms with Gasteiger partial charge in [0, 0.05) is 25.2 Å². The molecular weight excluding hydrogens is 335 g/mol. The molecule has 1 saturated heterocycles. The normalized spacial score (nSPS) is 16.6. The van der Waals surface area contributed by atoms with Crippen LogP contribution in [0, 0.1) is 5.82 Å². The molecular formula is C24H25FN2. The fraction of sp³-hybridized carbons (Fsp3) is 0.250. The second kappa shape index (κ2) is 8.47.